The molecule has 3 rings (SSSR count). The fraction of sp³-hybridized carbons (Fsp3) is 0.480. The summed E-state index contributed by atoms with van der Waals surface area (Å²) in [5.41, 5.74) is 2.07. The summed E-state index contributed by atoms with van der Waals surface area (Å²) < 4.78 is 15.7. The average molecular weight is 505 g/mol. The fourth-order valence-electron chi connectivity index (χ4n) is 4.05. The van der Waals surface area contributed by atoms with E-state index in [1.165, 1.54) is 23.3 Å². The molecule has 0 saturated carbocycles. The Kier molecular flexibility index (Phi) is 8.67. The van der Waals surface area contributed by atoms with Gasteiger partial charge in [0.05, 0.1) is 24.8 Å². The Morgan fingerprint density at radius 2 is 1.91 bits per heavy atom. The molecule has 1 amide bonds. The molecule has 1 heterocycles. The molecule has 1 aliphatic rings. The van der Waals surface area contributed by atoms with Gasteiger partial charge in [-0.05, 0) is 60.5 Å². The van der Waals surface area contributed by atoms with E-state index in [0.29, 0.717) is 41.0 Å². The van der Waals surface area contributed by atoms with Crippen molar-refractivity contribution in [2.45, 2.75) is 40.0 Å². The highest BCUT2D eigenvalue weighted by Crippen LogP contribution is 2.44. The van der Waals surface area contributed by atoms with E-state index in [0.717, 1.165) is 24.8 Å². The SMILES string of the molecule is COCCOc1ccccc1C(=O)NC(=S)Nc1sc2c(c1C(=O)OC)CCC(C(C)(C)C)C2. The number of thiophene rings is 1. The second kappa shape index (κ2) is 11.3. The maximum Gasteiger partial charge on any atom is 0.341 e. The van der Waals surface area contributed by atoms with Crippen molar-refractivity contribution in [2.75, 3.05) is 32.8 Å². The first-order chi connectivity index (χ1) is 16.2. The average Bonchev–Trinajstić information content (AvgIpc) is 3.15. The molecule has 0 radical (unpaired) electrons. The van der Waals surface area contributed by atoms with E-state index in [2.05, 4.69) is 31.4 Å². The van der Waals surface area contributed by atoms with E-state index in [9.17, 15) is 9.59 Å². The molecule has 9 heteroatoms. The normalized spacial score (nSPS) is 15.3. The number of rotatable bonds is 7. The highest BCUT2D eigenvalue weighted by atomic mass is 32.1. The number of amides is 1. The van der Waals surface area contributed by atoms with Gasteiger partial charge in [0, 0.05) is 12.0 Å². The molecule has 184 valence electrons. The van der Waals surface area contributed by atoms with Crippen LogP contribution in [0.4, 0.5) is 5.00 Å². The first-order valence-corrected chi connectivity index (χ1v) is 12.4. The molecule has 34 heavy (non-hydrogen) atoms. The van der Waals surface area contributed by atoms with E-state index >= 15 is 0 Å². The molecule has 0 bridgehead atoms. The smallest absolute Gasteiger partial charge is 0.341 e. The van der Waals surface area contributed by atoms with Gasteiger partial charge in [-0.3, -0.25) is 10.1 Å². The summed E-state index contributed by atoms with van der Waals surface area (Å²) in [6, 6.07) is 6.92. The number of esters is 1. The predicted molar refractivity (Wildman–Crippen MR) is 138 cm³/mol. The largest absolute Gasteiger partial charge is 0.490 e. The third-order valence-corrected chi connectivity index (χ3v) is 7.38. The van der Waals surface area contributed by atoms with Crippen LogP contribution in [0.15, 0.2) is 24.3 Å². The zero-order valence-electron chi connectivity index (χ0n) is 20.3. The molecule has 0 fully saturated rings. The number of ether oxygens (including phenoxy) is 3. The highest BCUT2D eigenvalue weighted by molar-refractivity contribution is 7.80. The maximum absolute atomic E-state index is 12.9. The monoisotopic (exact) mass is 504 g/mol. The Bertz CT molecular complexity index is 1060. The van der Waals surface area contributed by atoms with E-state index in [-0.39, 0.29) is 10.5 Å². The van der Waals surface area contributed by atoms with Crippen LogP contribution in [0, 0.1) is 11.3 Å². The fourth-order valence-corrected chi connectivity index (χ4v) is 5.63. The number of nitrogens with one attached hydrogen (secondary N) is 2. The molecule has 0 aliphatic heterocycles. The number of thiocarbonyl (C=S) groups is 1. The number of carbonyl (C=O) groups excluding carboxylic acids is 2. The second-order valence-corrected chi connectivity index (χ2v) is 10.8. The summed E-state index contributed by atoms with van der Waals surface area (Å²) in [6.07, 6.45) is 2.73. The van der Waals surface area contributed by atoms with Gasteiger partial charge in [-0.25, -0.2) is 4.79 Å². The van der Waals surface area contributed by atoms with Gasteiger partial charge >= 0.3 is 5.97 Å². The van der Waals surface area contributed by atoms with Crippen LogP contribution in [0.1, 0.15) is 58.3 Å². The Morgan fingerprint density at radius 1 is 1.18 bits per heavy atom. The van der Waals surface area contributed by atoms with Crippen LogP contribution < -0.4 is 15.4 Å². The third kappa shape index (κ3) is 6.14. The molecular formula is C25H32N2O5S2. The topological polar surface area (TPSA) is 85.9 Å². The van der Waals surface area contributed by atoms with E-state index in [1.54, 1.807) is 31.4 Å². The van der Waals surface area contributed by atoms with Gasteiger partial charge in [0.25, 0.3) is 5.91 Å². The molecule has 1 aromatic carbocycles. The first-order valence-electron chi connectivity index (χ1n) is 11.2. The molecule has 2 N–H and O–H groups in total. The van der Waals surface area contributed by atoms with Crippen molar-refractivity contribution in [3.8, 4) is 5.75 Å². The molecular weight excluding hydrogens is 472 g/mol. The van der Waals surface area contributed by atoms with Gasteiger partial charge in [-0.1, -0.05) is 32.9 Å². The number of anilines is 1. The molecule has 2 aromatic rings. The Hall–Kier alpha value is -2.49. The van der Waals surface area contributed by atoms with Crippen molar-refractivity contribution in [1.82, 2.24) is 5.32 Å². The summed E-state index contributed by atoms with van der Waals surface area (Å²) in [4.78, 5) is 26.7. The highest BCUT2D eigenvalue weighted by Gasteiger charge is 2.34. The molecule has 7 nitrogen and oxygen atoms in total. The van der Waals surface area contributed by atoms with E-state index in [1.807, 2.05) is 0 Å². The number of para-hydroxylation sites is 1. The molecule has 0 saturated heterocycles. The van der Waals surface area contributed by atoms with Crippen LogP contribution in [0.2, 0.25) is 0 Å². The molecule has 1 atom stereocenters. The minimum Gasteiger partial charge on any atom is -0.490 e. The second-order valence-electron chi connectivity index (χ2n) is 9.25. The van der Waals surface area contributed by atoms with Crippen molar-refractivity contribution in [2.24, 2.45) is 11.3 Å². The Morgan fingerprint density at radius 3 is 2.59 bits per heavy atom. The Labute approximate surface area is 210 Å². The van der Waals surface area contributed by atoms with Crippen LogP contribution in [0.5, 0.6) is 5.75 Å². The first kappa shape index (κ1) is 26.1. The van der Waals surface area contributed by atoms with Crippen LogP contribution in [0.3, 0.4) is 0 Å². The standard InChI is InChI=1S/C25H32N2O5S2/c1-25(2,3)15-10-11-17-19(14-15)34-22(20(17)23(29)31-5)27-24(33)26-21(28)16-8-6-7-9-18(16)32-13-12-30-4/h6-9,15H,10-14H2,1-5H3,(H2,26,27,28,33). The predicted octanol–water partition coefficient (Wildman–Crippen LogP) is 4.84. The van der Waals surface area contributed by atoms with Gasteiger partial charge in [0.15, 0.2) is 5.11 Å². The number of carbonyl (C=O) groups is 2. The van der Waals surface area contributed by atoms with Gasteiger partial charge in [0.2, 0.25) is 0 Å². The lowest BCUT2D eigenvalue weighted by molar-refractivity contribution is 0.0600. The van der Waals surface area contributed by atoms with Crippen molar-refractivity contribution in [3.05, 3.63) is 45.8 Å². The van der Waals surface area contributed by atoms with E-state index < -0.39 is 11.9 Å². The zero-order valence-corrected chi connectivity index (χ0v) is 21.9. The van der Waals surface area contributed by atoms with Crippen LogP contribution in [-0.4, -0.2) is 44.4 Å². The zero-order chi connectivity index (χ0) is 24.9. The number of hydrogen-bond acceptors (Lipinski definition) is 7. The minimum absolute atomic E-state index is 0.104. The molecule has 0 spiro atoms. The van der Waals surface area contributed by atoms with Crippen LogP contribution in [-0.2, 0) is 22.3 Å². The molecule has 1 aromatic heterocycles. The quantitative estimate of drug-likeness (QED) is 0.317. The van der Waals surface area contributed by atoms with Crippen molar-refractivity contribution in [1.29, 1.82) is 0 Å². The lowest BCUT2D eigenvalue weighted by Crippen LogP contribution is -2.34. The van der Waals surface area contributed by atoms with Crippen molar-refractivity contribution >= 4 is 45.5 Å². The molecule has 1 unspecified atom stereocenters. The van der Waals surface area contributed by atoms with Gasteiger partial charge < -0.3 is 19.5 Å². The maximum atomic E-state index is 12.9. The summed E-state index contributed by atoms with van der Waals surface area (Å²) in [5.74, 6) is 0.160. The van der Waals surface area contributed by atoms with Crippen LogP contribution >= 0.6 is 23.6 Å². The molecule has 1 aliphatic carbocycles. The summed E-state index contributed by atoms with van der Waals surface area (Å²) in [5, 5.41) is 6.47. The summed E-state index contributed by atoms with van der Waals surface area (Å²) in [7, 11) is 2.96. The number of fused-ring (bicyclic) bond motifs is 1. The van der Waals surface area contributed by atoms with E-state index in [4.69, 9.17) is 26.4 Å². The third-order valence-electron chi connectivity index (χ3n) is 6.01. The Balaban J connectivity index is 1.77. The number of methoxy groups -OCH3 is 2. The van der Waals surface area contributed by atoms with Crippen LogP contribution in [0.25, 0.3) is 0 Å². The van der Waals surface area contributed by atoms with Gasteiger partial charge in [-0.15, -0.1) is 11.3 Å². The van der Waals surface area contributed by atoms with Crippen molar-refractivity contribution < 1.29 is 23.8 Å². The lowest BCUT2D eigenvalue weighted by atomic mass is 9.72. The van der Waals surface area contributed by atoms with Crippen molar-refractivity contribution in [3.63, 3.8) is 0 Å². The van der Waals surface area contributed by atoms with Gasteiger partial charge in [0.1, 0.15) is 17.4 Å². The number of hydrogen-bond donors (Lipinski definition) is 2. The lowest BCUT2D eigenvalue weighted by Gasteiger charge is -2.33. The summed E-state index contributed by atoms with van der Waals surface area (Å²) in [6.45, 7) is 7.47. The van der Waals surface area contributed by atoms with Gasteiger partial charge in [-0.2, -0.15) is 0 Å². The summed E-state index contributed by atoms with van der Waals surface area (Å²) >= 11 is 6.92. The number of benzene rings is 1. The minimum atomic E-state index is -0.403.